The van der Waals surface area contributed by atoms with Gasteiger partial charge in [0.05, 0.1) is 27.6 Å². The third-order valence-electron chi connectivity index (χ3n) is 15.8. The van der Waals surface area contributed by atoms with E-state index in [0.717, 1.165) is 50.6 Å². The first-order valence-electron chi connectivity index (χ1n) is 26.5. The minimum atomic E-state index is 1.11. The van der Waals surface area contributed by atoms with Gasteiger partial charge in [-0.1, -0.05) is 164 Å². The second kappa shape index (κ2) is 17.6. The molecule has 4 nitrogen and oxygen atoms in total. The van der Waals surface area contributed by atoms with Gasteiger partial charge in [-0.15, -0.1) is 0 Å². The van der Waals surface area contributed by atoms with E-state index in [1.54, 1.807) is 0 Å². The lowest BCUT2D eigenvalue weighted by Gasteiger charge is -2.28. The summed E-state index contributed by atoms with van der Waals surface area (Å²) in [6.07, 6.45) is 0. The molecule has 0 atom stereocenters. The van der Waals surface area contributed by atoms with Crippen molar-refractivity contribution in [2.24, 2.45) is 0 Å². The molecule has 364 valence electrons. The van der Waals surface area contributed by atoms with Crippen LogP contribution in [0.3, 0.4) is 0 Å². The van der Waals surface area contributed by atoms with Crippen molar-refractivity contribution in [3.05, 3.63) is 258 Å². The maximum Gasteiger partial charge on any atom is 0.0634 e. The van der Waals surface area contributed by atoms with E-state index >= 15 is 0 Å². The molecule has 0 aliphatic heterocycles. The smallest absolute Gasteiger partial charge is 0.0634 e. The highest BCUT2D eigenvalue weighted by molar-refractivity contribution is 6.36. The van der Waals surface area contributed by atoms with Gasteiger partial charge in [0.15, 0.2) is 0 Å². The summed E-state index contributed by atoms with van der Waals surface area (Å²) in [5, 5.41) is 7.38. The molecular formula is C72H56N4. The Morgan fingerprint density at radius 3 is 1.45 bits per heavy atom. The van der Waals surface area contributed by atoms with E-state index in [4.69, 9.17) is 0 Å². The average molecular weight is 977 g/mol. The zero-order chi connectivity index (χ0) is 51.3. The standard InChI is InChI=1S/C72H56N4/c1-44-37-45(2)40-55(39-44)74(62-29-15-13-19-48(62)5)53-33-31-50(32-34-53)57-25-17-27-60-67-66(52-23-11-8-12-24-52)72-68(65(70(67)73-69(57)60)51-21-9-7-10-22-51)61-28-18-26-59-58-36-35-54(43-64(58)76(72)71(59)61)75(63-30-16-14-20-49(63)6)56-41-46(3)38-47(4)42-56/h7-43,73H,1-6H3. The van der Waals surface area contributed by atoms with Crippen LogP contribution in [0.4, 0.5) is 34.1 Å². The van der Waals surface area contributed by atoms with Crippen LogP contribution in [0.15, 0.2) is 224 Å². The highest BCUT2D eigenvalue weighted by Gasteiger charge is 2.29. The summed E-state index contributed by atoms with van der Waals surface area (Å²) in [7, 11) is 0. The largest absolute Gasteiger partial charge is 0.353 e. The molecule has 0 bridgehead atoms. The Morgan fingerprint density at radius 1 is 0.329 bits per heavy atom. The molecule has 1 N–H and O–H groups in total. The Bertz CT molecular complexity index is 4540. The number of hydrogen-bond acceptors (Lipinski definition) is 2. The molecule has 0 aliphatic rings. The molecule has 0 radical (unpaired) electrons. The van der Waals surface area contributed by atoms with Gasteiger partial charge in [-0.25, -0.2) is 0 Å². The first-order valence-corrected chi connectivity index (χ1v) is 26.5. The van der Waals surface area contributed by atoms with Crippen LogP contribution in [0.25, 0.3) is 93.3 Å². The quantitative estimate of drug-likeness (QED) is 0.156. The number of fused-ring (bicyclic) bond motifs is 9. The Hall–Kier alpha value is -9.38. The van der Waals surface area contributed by atoms with Crippen LogP contribution in [-0.4, -0.2) is 9.38 Å². The number of aromatic nitrogens is 2. The topological polar surface area (TPSA) is 26.7 Å². The van der Waals surface area contributed by atoms with Crippen molar-refractivity contribution in [3.8, 4) is 33.4 Å². The van der Waals surface area contributed by atoms with Gasteiger partial charge >= 0.3 is 0 Å². The number of benzene rings is 11. The zero-order valence-corrected chi connectivity index (χ0v) is 43.7. The van der Waals surface area contributed by atoms with Crippen molar-refractivity contribution < 1.29 is 0 Å². The SMILES string of the molecule is Cc1cc(C)cc(N(c2ccc(-c3cccc4c3[nH]c3c(-c5ccccc5)c5c6cccc7c8ccc(N(c9cc(C)cc(C)c9)c9ccccc9C)cc8n(c5c(-c5ccccc5)c34)c76)cc2)c2ccccc2C)c1. The van der Waals surface area contributed by atoms with Gasteiger partial charge < -0.3 is 19.2 Å². The molecule has 76 heavy (non-hydrogen) atoms. The van der Waals surface area contributed by atoms with Crippen LogP contribution in [0.2, 0.25) is 0 Å². The first kappa shape index (κ1) is 45.3. The zero-order valence-electron chi connectivity index (χ0n) is 43.7. The monoisotopic (exact) mass is 976 g/mol. The van der Waals surface area contributed by atoms with Crippen molar-refractivity contribution in [2.75, 3.05) is 9.80 Å². The summed E-state index contributed by atoms with van der Waals surface area (Å²) in [6, 6.07) is 83.4. The van der Waals surface area contributed by atoms with Crippen LogP contribution in [-0.2, 0) is 0 Å². The van der Waals surface area contributed by atoms with E-state index in [1.807, 2.05) is 0 Å². The molecule has 3 aromatic heterocycles. The van der Waals surface area contributed by atoms with E-state index in [2.05, 4.69) is 285 Å². The molecule has 0 aliphatic carbocycles. The lowest BCUT2D eigenvalue weighted by atomic mass is 9.89. The Kier molecular flexibility index (Phi) is 10.5. The van der Waals surface area contributed by atoms with Crippen LogP contribution < -0.4 is 9.80 Å². The second-order valence-electron chi connectivity index (χ2n) is 21.0. The summed E-state index contributed by atoms with van der Waals surface area (Å²) in [6.45, 7) is 13.2. The molecule has 0 saturated heterocycles. The van der Waals surface area contributed by atoms with Gasteiger partial charge in [0.2, 0.25) is 0 Å². The Labute approximate surface area is 443 Å². The minimum absolute atomic E-state index is 1.11. The summed E-state index contributed by atoms with van der Waals surface area (Å²) in [5.41, 5.74) is 27.3. The predicted octanol–water partition coefficient (Wildman–Crippen LogP) is 20.3. The number of rotatable bonds is 9. The van der Waals surface area contributed by atoms with Gasteiger partial charge in [0.25, 0.3) is 0 Å². The van der Waals surface area contributed by atoms with E-state index in [9.17, 15) is 0 Å². The lowest BCUT2D eigenvalue weighted by Crippen LogP contribution is -2.11. The molecular weight excluding hydrogens is 921 g/mol. The minimum Gasteiger partial charge on any atom is -0.353 e. The number of para-hydroxylation sites is 4. The molecule has 11 aromatic carbocycles. The number of anilines is 6. The van der Waals surface area contributed by atoms with E-state index in [0.29, 0.717) is 0 Å². The molecule has 3 heterocycles. The van der Waals surface area contributed by atoms with Crippen molar-refractivity contribution in [1.29, 1.82) is 0 Å². The normalized spacial score (nSPS) is 11.8. The van der Waals surface area contributed by atoms with Gasteiger partial charge in [-0.3, -0.25) is 0 Å². The number of H-pyrrole nitrogens is 1. The van der Waals surface area contributed by atoms with Crippen molar-refractivity contribution in [2.45, 2.75) is 41.5 Å². The highest BCUT2D eigenvalue weighted by Crippen LogP contribution is 2.53. The van der Waals surface area contributed by atoms with Gasteiger partial charge in [0.1, 0.15) is 0 Å². The molecule has 0 amide bonds. The van der Waals surface area contributed by atoms with Crippen molar-refractivity contribution in [3.63, 3.8) is 0 Å². The fraction of sp³-hybridized carbons (Fsp3) is 0.0833. The highest BCUT2D eigenvalue weighted by atomic mass is 15.2. The van der Waals surface area contributed by atoms with E-state index in [-0.39, 0.29) is 0 Å². The Balaban J connectivity index is 1.06. The van der Waals surface area contributed by atoms with Crippen LogP contribution in [0.1, 0.15) is 33.4 Å². The average Bonchev–Trinajstić information content (AvgIpc) is 4.27. The molecule has 0 unspecified atom stereocenters. The van der Waals surface area contributed by atoms with Crippen molar-refractivity contribution >= 4 is 94.0 Å². The van der Waals surface area contributed by atoms with E-state index < -0.39 is 0 Å². The molecule has 14 rings (SSSR count). The van der Waals surface area contributed by atoms with E-state index in [1.165, 1.54) is 110 Å². The fourth-order valence-electron chi connectivity index (χ4n) is 12.7. The number of aromatic amines is 1. The Morgan fingerprint density at radius 2 is 0.842 bits per heavy atom. The summed E-state index contributed by atoms with van der Waals surface area (Å²) < 4.78 is 2.61. The van der Waals surface area contributed by atoms with Crippen molar-refractivity contribution in [1.82, 2.24) is 9.38 Å². The third-order valence-corrected chi connectivity index (χ3v) is 15.8. The van der Waals surface area contributed by atoms with Gasteiger partial charge in [0, 0.05) is 83.1 Å². The summed E-state index contributed by atoms with van der Waals surface area (Å²) >= 11 is 0. The third kappa shape index (κ3) is 7.12. The molecule has 0 spiro atoms. The summed E-state index contributed by atoms with van der Waals surface area (Å²) in [4.78, 5) is 9.04. The number of aryl methyl sites for hydroxylation is 6. The second-order valence-corrected chi connectivity index (χ2v) is 21.0. The molecule has 0 fully saturated rings. The predicted molar refractivity (Wildman–Crippen MR) is 325 cm³/mol. The lowest BCUT2D eigenvalue weighted by molar-refractivity contribution is 1.23. The first-order chi connectivity index (χ1) is 37.2. The van der Waals surface area contributed by atoms with Crippen LogP contribution in [0, 0.1) is 41.5 Å². The number of hydrogen-bond donors (Lipinski definition) is 1. The van der Waals surface area contributed by atoms with Gasteiger partial charge in [-0.05, 0) is 152 Å². The molecule has 0 saturated carbocycles. The summed E-state index contributed by atoms with van der Waals surface area (Å²) in [5.74, 6) is 0. The molecule has 14 aromatic rings. The maximum absolute atomic E-state index is 4.20. The maximum atomic E-state index is 4.20. The van der Waals surface area contributed by atoms with Gasteiger partial charge in [-0.2, -0.15) is 0 Å². The fourth-order valence-corrected chi connectivity index (χ4v) is 12.7. The van der Waals surface area contributed by atoms with Crippen LogP contribution in [0.5, 0.6) is 0 Å². The number of nitrogens with zero attached hydrogens (tertiary/aromatic N) is 3. The van der Waals surface area contributed by atoms with Crippen LogP contribution >= 0.6 is 0 Å². The number of nitrogens with one attached hydrogen (secondary N) is 1. The molecule has 4 heteroatoms.